The predicted octanol–water partition coefficient (Wildman–Crippen LogP) is 1.34. The minimum Gasteiger partial charge on any atom is -0.327 e. The molecule has 0 aromatic heterocycles. The van der Waals surface area contributed by atoms with E-state index in [0.717, 1.165) is 6.92 Å². The minimum atomic E-state index is -4.11. The van der Waals surface area contributed by atoms with Crippen molar-refractivity contribution in [2.75, 3.05) is 0 Å². The summed E-state index contributed by atoms with van der Waals surface area (Å²) in [4.78, 5) is 0. The Morgan fingerprint density at radius 3 is 1.73 bits per heavy atom. The minimum absolute atomic E-state index is 0.0766. The van der Waals surface area contributed by atoms with Gasteiger partial charge in [0.25, 0.3) is 0 Å². The lowest BCUT2D eigenvalue weighted by Gasteiger charge is -2.59. The third kappa shape index (κ3) is 0.970. The van der Waals surface area contributed by atoms with Crippen LogP contribution in [0.2, 0.25) is 0 Å². The van der Waals surface area contributed by atoms with E-state index in [1.54, 1.807) is 0 Å². The third-order valence-corrected chi connectivity index (χ3v) is 4.23. The molecular weight excluding hydrogens is 212 g/mol. The summed E-state index contributed by atoms with van der Waals surface area (Å²) in [5.74, 6) is -9.48. The molecular formula is C9H14F4N2. The number of hydrogen-bond acceptors (Lipinski definition) is 2. The number of nitrogens with two attached hydrogens (primary N) is 2. The Kier molecular flexibility index (Phi) is 1.97. The van der Waals surface area contributed by atoms with Gasteiger partial charge in [0.2, 0.25) is 0 Å². The second kappa shape index (κ2) is 2.66. The van der Waals surface area contributed by atoms with Crippen molar-refractivity contribution in [1.82, 2.24) is 0 Å². The summed E-state index contributed by atoms with van der Waals surface area (Å²) in [6.45, 7) is 1.08. The average Bonchev–Trinajstić information content (AvgIpc) is 2.10. The first-order valence-corrected chi connectivity index (χ1v) is 4.92. The maximum absolute atomic E-state index is 13.7. The smallest absolute Gasteiger partial charge is 0.318 e. The van der Waals surface area contributed by atoms with Crippen LogP contribution in [0.25, 0.3) is 0 Å². The Labute approximate surface area is 85.0 Å². The highest BCUT2D eigenvalue weighted by molar-refractivity contribution is 5.19. The highest BCUT2D eigenvalue weighted by atomic mass is 19.3. The van der Waals surface area contributed by atoms with Crippen LogP contribution in [0.3, 0.4) is 0 Å². The molecule has 6 heteroatoms. The van der Waals surface area contributed by atoms with Gasteiger partial charge >= 0.3 is 11.8 Å². The van der Waals surface area contributed by atoms with Crippen molar-refractivity contribution in [2.24, 2.45) is 22.8 Å². The van der Waals surface area contributed by atoms with E-state index >= 15 is 0 Å². The summed E-state index contributed by atoms with van der Waals surface area (Å²) in [5, 5.41) is 0. The van der Waals surface area contributed by atoms with Crippen molar-refractivity contribution in [3.8, 4) is 0 Å². The summed E-state index contributed by atoms with van der Waals surface area (Å²) in [7, 11) is 0. The third-order valence-electron chi connectivity index (χ3n) is 4.23. The molecule has 3 saturated carbocycles. The van der Waals surface area contributed by atoms with E-state index in [-0.39, 0.29) is 12.8 Å². The molecule has 0 aliphatic heterocycles. The quantitative estimate of drug-likeness (QED) is 0.612. The number of hydrogen-bond donors (Lipinski definition) is 2. The SMILES string of the molecule is CC12C(N)CC(CC1N)C(F)(F)C2(F)F. The molecule has 0 saturated heterocycles. The normalized spacial score (nSPS) is 51.8. The number of alkyl halides is 4. The van der Waals surface area contributed by atoms with Gasteiger partial charge in [0.05, 0.1) is 5.41 Å². The van der Waals surface area contributed by atoms with Crippen molar-refractivity contribution >= 4 is 0 Å². The predicted molar refractivity (Wildman–Crippen MR) is 46.7 cm³/mol. The van der Waals surface area contributed by atoms with E-state index in [2.05, 4.69) is 0 Å². The van der Waals surface area contributed by atoms with Crippen molar-refractivity contribution in [2.45, 2.75) is 43.7 Å². The second-order valence-corrected chi connectivity index (χ2v) is 4.86. The van der Waals surface area contributed by atoms with Gasteiger partial charge < -0.3 is 11.5 Å². The van der Waals surface area contributed by atoms with Crippen molar-refractivity contribution < 1.29 is 17.6 Å². The maximum Gasteiger partial charge on any atom is 0.318 e. The van der Waals surface area contributed by atoms with Gasteiger partial charge in [-0.15, -0.1) is 0 Å². The Hall–Kier alpha value is -0.360. The zero-order valence-corrected chi connectivity index (χ0v) is 8.31. The monoisotopic (exact) mass is 226 g/mol. The van der Waals surface area contributed by atoms with Crippen LogP contribution in [-0.4, -0.2) is 23.9 Å². The van der Waals surface area contributed by atoms with Crippen LogP contribution in [0.15, 0.2) is 0 Å². The van der Waals surface area contributed by atoms with Crippen LogP contribution in [0.5, 0.6) is 0 Å². The van der Waals surface area contributed by atoms with Gasteiger partial charge in [-0.1, -0.05) is 6.92 Å². The molecule has 2 unspecified atom stereocenters. The molecule has 2 nitrogen and oxygen atoms in total. The molecule has 88 valence electrons. The van der Waals surface area contributed by atoms with E-state index in [1.807, 2.05) is 0 Å². The van der Waals surface area contributed by atoms with Crippen molar-refractivity contribution in [3.63, 3.8) is 0 Å². The van der Waals surface area contributed by atoms with Gasteiger partial charge in [-0.05, 0) is 12.8 Å². The largest absolute Gasteiger partial charge is 0.327 e. The number of fused-ring (bicyclic) bond motifs is 3. The summed E-state index contributed by atoms with van der Waals surface area (Å²) in [6, 6.07) is -1.92. The van der Waals surface area contributed by atoms with Gasteiger partial charge in [-0.2, -0.15) is 17.6 Å². The molecule has 0 aromatic rings. The number of rotatable bonds is 0. The molecule has 2 bridgehead atoms. The zero-order chi connectivity index (χ0) is 11.6. The standard InChI is InChI=1S/C9H14F4N2/c1-7-5(14)2-4(3-6(7)15)8(10,11)9(7,12)13/h4-6H,2-3,14-15H2,1H3. The van der Waals surface area contributed by atoms with Gasteiger partial charge in [0.1, 0.15) is 0 Å². The first kappa shape index (κ1) is 11.1. The molecule has 0 spiro atoms. The molecule has 0 radical (unpaired) electrons. The van der Waals surface area contributed by atoms with Crippen LogP contribution in [0.4, 0.5) is 17.6 Å². The topological polar surface area (TPSA) is 52.0 Å². The van der Waals surface area contributed by atoms with E-state index in [4.69, 9.17) is 11.5 Å². The average molecular weight is 226 g/mol. The molecule has 3 fully saturated rings. The van der Waals surface area contributed by atoms with Crippen LogP contribution < -0.4 is 11.5 Å². The summed E-state index contributed by atoms with van der Waals surface area (Å²) in [5.41, 5.74) is 9.10. The molecule has 3 rings (SSSR count). The van der Waals surface area contributed by atoms with Crippen LogP contribution in [-0.2, 0) is 0 Å². The van der Waals surface area contributed by atoms with Crippen LogP contribution in [0, 0.1) is 11.3 Å². The molecule has 2 atom stereocenters. The second-order valence-electron chi connectivity index (χ2n) is 4.86. The Morgan fingerprint density at radius 1 is 1.00 bits per heavy atom. The van der Waals surface area contributed by atoms with Gasteiger partial charge in [-0.25, -0.2) is 0 Å². The van der Waals surface area contributed by atoms with Crippen molar-refractivity contribution in [3.05, 3.63) is 0 Å². The summed E-state index contributed by atoms with van der Waals surface area (Å²) < 4.78 is 54.1. The molecule has 0 amide bonds. The van der Waals surface area contributed by atoms with Crippen molar-refractivity contribution in [1.29, 1.82) is 0 Å². The highest BCUT2D eigenvalue weighted by Gasteiger charge is 2.78. The van der Waals surface area contributed by atoms with E-state index in [0.29, 0.717) is 0 Å². The first-order chi connectivity index (χ1) is 6.65. The van der Waals surface area contributed by atoms with Crippen LogP contribution in [0.1, 0.15) is 19.8 Å². The molecule has 4 N–H and O–H groups in total. The molecule has 0 heterocycles. The molecule has 3 aliphatic rings. The zero-order valence-electron chi connectivity index (χ0n) is 8.31. The lowest BCUT2D eigenvalue weighted by atomic mass is 9.53. The lowest BCUT2D eigenvalue weighted by molar-refractivity contribution is -0.340. The summed E-state index contributed by atoms with van der Waals surface area (Å²) >= 11 is 0. The number of halogens is 4. The molecule has 15 heavy (non-hydrogen) atoms. The van der Waals surface area contributed by atoms with E-state index < -0.39 is 35.3 Å². The lowest BCUT2D eigenvalue weighted by Crippen LogP contribution is -2.76. The van der Waals surface area contributed by atoms with Gasteiger partial charge in [-0.3, -0.25) is 0 Å². The Bertz CT molecular complexity index is 280. The fourth-order valence-electron chi connectivity index (χ4n) is 2.85. The molecule has 0 aromatic carbocycles. The fraction of sp³-hybridized carbons (Fsp3) is 1.00. The van der Waals surface area contributed by atoms with E-state index in [1.165, 1.54) is 0 Å². The summed E-state index contributed by atoms with van der Waals surface area (Å²) in [6.07, 6.45) is -0.153. The maximum atomic E-state index is 13.7. The highest BCUT2D eigenvalue weighted by Crippen LogP contribution is 2.63. The van der Waals surface area contributed by atoms with Gasteiger partial charge in [0.15, 0.2) is 0 Å². The molecule has 3 aliphatic carbocycles. The Morgan fingerprint density at radius 2 is 1.40 bits per heavy atom. The Balaban J connectivity index is 2.54. The fourth-order valence-corrected chi connectivity index (χ4v) is 2.85. The van der Waals surface area contributed by atoms with Crippen LogP contribution >= 0.6 is 0 Å². The van der Waals surface area contributed by atoms with Gasteiger partial charge in [0, 0.05) is 18.0 Å². The first-order valence-electron chi connectivity index (χ1n) is 4.92. The van der Waals surface area contributed by atoms with E-state index in [9.17, 15) is 17.6 Å².